The SMILES string of the molecule is Cn1c(=O)c2ccccc2n2c(COc3ccc(Cl)cc3Br)nnc12. The second-order valence-corrected chi connectivity index (χ2v) is 6.79. The molecule has 6 nitrogen and oxygen atoms in total. The van der Waals surface area contributed by atoms with Gasteiger partial charge in [-0.1, -0.05) is 23.7 Å². The van der Waals surface area contributed by atoms with E-state index < -0.39 is 0 Å². The van der Waals surface area contributed by atoms with Gasteiger partial charge in [0.2, 0.25) is 5.78 Å². The number of benzene rings is 2. The zero-order chi connectivity index (χ0) is 17.6. The smallest absolute Gasteiger partial charge is 0.262 e. The van der Waals surface area contributed by atoms with Crippen LogP contribution in [0.1, 0.15) is 5.82 Å². The molecule has 0 atom stereocenters. The minimum absolute atomic E-state index is 0.108. The lowest BCUT2D eigenvalue weighted by Crippen LogP contribution is -2.20. The normalized spacial score (nSPS) is 11.3. The van der Waals surface area contributed by atoms with E-state index in [1.54, 1.807) is 31.3 Å². The first-order valence-electron chi connectivity index (χ1n) is 7.46. The highest BCUT2D eigenvalue weighted by atomic mass is 79.9. The van der Waals surface area contributed by atoms with Crippen molar-refractivity contribution in [1.82, 2.24) is 19.2 Å². The summed E-state index contributed by atoms with van der Waals surface area (Å²) in [5, 5.41) is 9.56. The van der Waals surface area contributed by atoms with Crippen molar-refractivity contribution in [3.63, 3.8) is 0 Å². The van der Waals surface area contributed by atoms with Crippen LogP contribution in [0, 0.1) is 0 Å². The van der Waals surface area contributed by atoms with E-state index in [4.69, 9.17) is 16.3 Å². The molecule has 2 aromatic carbocycles. The number of halogens is 2. The predicted molar refractivity (Wildman–Crippen MR) is 99.2 cm³/mol. The fourth-order valence-corrected chi connectivity index (χ4v) is 3.52. The third-order valence-electron chi connectivity index (χ3n) is 3.94. The molecule has 0 bridgehead atoms. The van der Waals surface area contributed by atoms with Gasteiger partial charge in [-0.15, -0.1) is 10.2 Å². The molecule has 0 aliphatic rings. The number of ether oxygens (including phenoxy) is 1. The van der Waals surface area contributed by atoms with Crippen molar-refractivity contribution in [2.24, 2.45) is 7.05 Å². The van der Waals surface area contributed by atoms with Gasteiger partial charge in [-0.05, 0) is 46.3 Å². The maximum absolute atomic E-state index is 12.4. The van der Waals surface area contributed by atoms with Gasteiger partial charge in [-0.3, -0.25) is 13.8 Å². The predicted octanol–water partition coefficient (Wildman–Crippen LogP) is 3.58. The van der Waals surface area contributed by atoms with Crippen molar-refractivity contribution in [3.05, 3.63) is 68.1 Å². The maximum Gasteiger partial charge on any atom is 0.262 e. The quantitative estimate of drug-likeness (QED) is 0.509. The Hall–Kier alpha value is -2.38. The third kappa shape index (κ3) is 2.69. The van der Waals surface area contributed by atoms with Crippen LogP contribution in [0.3, 0.4) is 0 Å². The number of aromatic nitrogens is 4. The van der Waals surface area contributed by atoms with Gasteiger partial charge >= 0.3 is 0 Å². The number of hydrogen-bond acceptors (Lipinski definition) is 4. The van der Waals surface area contributed by atoms with E-state index in [9.17, 15) is 4.79 Å². The van der Waals surface area contributed by atoms with E-state index in [0.717, 1.165) is 9.99 Å². The van der Waals surface area contributed by atoms with Crippen molar-refractivity contribution < 1.29 is 4.74 Å². The van der Waals surface area contributed by atoms with Crippen molar-refractivity contribution in [1.29, 1.82) is 0 Å². The molecule has 2 aromatic heterocycles. The average Bonchev–Trinajstić information content (AvgIpc) is 3.03. The fraction of sp³-hybridized carbons (Fsp3) is 0.118. The first-order chi connectivity index (χ1) is 12.1. The molecule has 0 aliphatic heterocycles. The fourth-order valence-electron chi connectivity index (χ4n) is 2.72. The van der Waals surface area contributed by atoms with E-state index in [0.29, 0.717) is 27.8 Å². The molecular weight excluding hydrogens is 408 g/mol. The van der Waals surface area contributed by atoms with Crippen molar-refractivity contribution in [2.75, 3.05) is 0 Å². The highest BCUT2D eigenvalue weighted by Crippen LogP contribution is 2.28. The lowest BCUT2D eigenvalue weighted by Gasteiger charge is -2.10. The maximum atomic E-state index is 12.4. The molecule has 0 radical (unpaired) electrons. The Morgan fingerprint density at radius 3 is 2.80 bits per heavy atom. The minimum Gasteiger partial charge on any atom is -0.484 e. The van der Waals surface area contributed by atoms with E-state index >= 15 is 0 Å². The summed E-state index contributed by atoms with van der Waals surface area (Å²) in [6, 6.07) is 12.7. The number of aryl methyl sites for hydroxylation is 1. The van der Waals surface area contributed by atoms with Crippen LogP contribution in [0.2, 0.25) is 5.02 Å². The third-order valence-corrected chi connectivity index (χ3v) is 4.80. The molecule has 0 aliphatic carbocycles. The first kappa shape index (κ1) is 16.1. The molecule has 0 fully saturated rings. The van der Waals surface area contributed by atoms with Crippen molar-refractivity contribution >= 4 is 44.2 Å². The standard InChI is InChI=1S/C17H12BrClN4O2/c1-22-16(24)11-4-2-3-5-13(11)23-15(20-21-17(22)23)9-25-14-7-6-10(19)8-12(14)18/h2-8H,9H2,1H3. The van der Waals surface area contributed by atoms with E-state index in [2.05, 4.69) is 26.1 Å². The summed E-state index contributed by atoms with van der Waals surface area (Å²) >= 11 is 9.37. The zero-order valence-corrected chi connectivity index (χ0v) is 15.5. The molecule has 126 valence electrons. The van der Waals surface area contributed by atoms with E-state index in [1.807, 2.05) is 22.6 Å². The molecular formula is C17H12BrClN4O2. The van der Waals surface area contributed by atoms with Crippen LogP contribution >= 0.6 is 27.5 Å². The molecule has 0 unspecified atom stereocenters. The first-order valence-corrected chi connectivity index (χ1v) is 8.63. The molecule has 0 saturated carbocycles. The summed E-state index contributed by atoms with van der Waals surface area (Å²) in [6.45, 7) is 0.198. The molecule has 0 amide bonds. The minimum atomic E-state index is -0.108. The van der Waals surface area contributed by atoms with Gasteiger partial charge in [0.1, 0.15) is 12.4 Å². The molecule has 0 N–H and O–H groups in total. The van der Waals surface area contributed by atoms with Crippen LogP contribution < -0.4 is 10.3 Å². The second-order valence-electron chi connectivity index (χ2n) is 5.50. The van der Waals surface area contributed by atoms with Gasteiger partial charge in [-0.25, -0.2) is 0 Å². The lowest BCUT2D eigenvalue weighted by molar-refractivity contribution is 0.293. The monoisotopic (exact) mass is 418 g/mol. The highest BCUT2D eigenvalue weighted by Gasteiger charge is 2.15. The van der Waals surface area contributed by atoms with Crippen molar-refractivity contribution in [2.45, 2.75) is 6.61 Å². The topological polar surface area (TPSA) is 61.4 Å². The largest absolute Gasteiger partial charge is 0.484 e. The summed E-state index contributed by atoms with van der Waals surface area (Å²) in [5.41, 5.74) is 0.641. The van der Waals surface area contributed by atoms with E-state index in [-0.39, 0.29) is 12.2 Å². The molecule has 2 heterocycles. The summed E-state index contributed by atoms with van der Waals surface area (Å²) < 4.78 is 9.92. The van der Waals surface area contributed by atoms with Crippen LogP contribution in [0.25, 0.3) is 16.7 Å². The number of fused-ring (bicyclic) bond motifs is 3. The zero-order valence-electron chi connectivity index (χ0n) is 13.1. The number of para-hydroxylation sites is 1. The van der Waals surface area contributed by atoms with Crippen LogP contribution in [0.15, 0.2) is 51.7 Å². The van der Waals surface area contributed by atoms with Gasteiger partial charge in [0.15, 0.2) is 5.82 Å². The molecule has 4 aromatic rings. The second kappa shape index (κ2) is 6.16. The van der Waals surface area contributed by atoms with Crippen molar-refractivity contribution in [3.8, 4) is 5.75 Å². The number of nitrogens with zero attached hydrogens (tertiary/aromatic N) is 4. The summed E-state index contributed by atoms with van der Waals surface area (Å²) in [5.74, 6) is 1.72. The van der Waals surface area contributed by atoms with Gasteiger partial charge < -0.3 is 4.74 Å². The lowest BCUT2D eigenvalue weighted by atomic mass is 10.2. The van der Waals surface area contributed by atoms with Gasteiger partial charge in [0.05, 0.1) is 15.4 Å². The molecule has 8 heteroatoms. The summed E-state index contributed by atoms with van der Waals surface area (Å²) in [4.78, 5) is 12.4. The Kier molecular flexibility index (Phi) is 3.97. The average molecular weight is 420 g/mol. The van der Waals surface area contributed by atoms with Crippen LogP contribution in [0.4, 0.5) is 0 Å². The Bertz CT molecular complexity index is 1170. The summed E-state index contributed by atoms with van der Waals surface area (Å²) in [6.07, 6.45) is 0. The van der Waals surface area contributed by atoms with Gasteiger partial charge in [0, 0.05) is 12.1 Å². The molecule has 25 heavy (non-hydrogen) atoms. The van der Waals surface area contributed by atoms with Crippen LogP contribution in [-0.2, 0) is 13.7 Å². The Morgan fingerprint density at radius 1 is 1.20 bits per heavy atom. The highest BCUT2D eigenvalue weighted by molar-refractivity contribution is 9.10. The number of hydrogen-bond donors (Lipinski definition) is 0. The Labute approximate surface area is 155 Å². The Balaban J connectivity index is 1.82. The number of rotatable bonds is 3. The van der Waals surface area contributed by atoms with Crippen LogP contribution in [0.5, 0.6) is 5.75 Å². The van der Waals surface area contributed by atoms with Gasteiger partial charge in [0.25, 0.3) is 5.56 Å². The molecule has 0 saturated heterocycles. The Morgan fingerprint density at radius 2 is 2.00 bits per heavy atom. The van der Waals surface area contributed by atoms with E-state index in [1.165, 1.54) is 4.57 Å². The summed E-state index contributed by atoms with van der Waals surface area (Å²) in [7, 11) is 1.68. The van der Waals surface area contributed by atoms with Crippen LogP contribution in [-0.4, -0.2) is 19.2 Å². The molecule has 0 spiro atoms. The molecule has 4 rings (SSSR count). The van der Waals surface area contributed by atoms with Gasteiger partial charge in [-0.2, -0.15) is 0 Å².